The van der Waals surface area contributed by atoms with Gasteiger partial charge in [-0.2, -0.15) is 0 Å². The lowest BCUT2D eigenvalue weighted by Crippen LogP contribution is -2.41. The molecule has 4 heteroatoms. The van der Waals surface area contributed by atoms with Gasteiger partial charge in [0.1, 0.15) is 5.82 Å². The fourth-order valence-electron chi connectivity index (χ4n) is 2.40. The third kappa shape index (κ3) is 3.09. The summed E-state index contributed by atoms with van der Waals surface area (Å²) in [5, 5.41) is 0. The molecule has 0 aliphatic carbocycles. The Balaban J connectivity index is 1.90. The standard InChI is InChI=1S/C14H22N3P/c1-4-18(3)16(2)13-8-11-17(12-9-13)14-7-5-6-10-15-14/h4-7,10,13H,1,8-9,11-12H2,2-3H3. The van der Waals surface area contributed by atoms with Crippen LogP contribution in [0.4, 0.5) is 5.82 Å². The molecule has 2 rings (SSSR count). The molecule has 0 saturated carbocycles. The second-order valence-electron chi connectivity index (χ2n) is 4.74. The van der Waals surface area contributed by atoms with E-state index >= 15 is 0 Å². The molecule has 1 aromatic heterocycles. The lowest BCUT2D eigenvalue weighted by molar-refractivity contribution is 0.329. The third-order valence-corrected chi connectivity index (χ3v) is 5.58. The van der Waals surface area contributed by atoms with Crippen molar-refractivity contribution in [3.63, 3.8) is 0 Å². The maximum absolute atomic E-state index is 4.42. The van der Waals surface area contributed by atoms with Crippen LogP contribution >= 0.6 is 8.07 Å². The molecule has 1 saturated heterocycles. The van der Waals surface area contributed by atoms with Crippen molar-refractivity contribution in [1.82, 2.24) is 9.65 Å². The minimum atomic E-state index is -0.168. The number of pyridine rings is 1. The van der Waals surface area contributed by atoms with Crippen LogP contribution in [0.25, 0.3) is 0 Å². The Morgan fingerprint density at radius 2 is 2.17 bits per heavy atom. The van der Waals surface area contributed by atoms with Gasteiger partial charge in [-0.25, -0.2) is 4.98 Å². The first-order valence-electron chi connectivity index (χ1n) is 6.46. The smallest absolute Gasteiger partial charge is 0.128 e. The van der Waals surface area contributed by atoms with Crippen molar-refractivity contribution in [1.29, 1.82) is 0 Å². The Morgan fingerprint density at radius 3 is 2.72 bits per heavy atom. The SMILES string of the molecule is C=CP(C)N(C)C1CCN(c2ccccn2)CC1. The average Bonchev–Trinajstić information content (AvgIpc) is 2.47. The van der Waals surface area contributed by atoms with Gasteiger partial charge in [0.25, 0.3) is 0 Å². The molecule has 0 radical (unpaired) electrons. The molecule has 1 fully saturated rings. The fourth-order valence-corrected chi connectivity index (χ4v) is 3.40. The van der Waals surface area contributed by atoms with E-state index < -0.39 is 0 Å². The molecule has 1 aliphatic rings. The van der Waals surface area contributed by atoms with Crippen molar-refractivity contribution < 1.29 is 0 Å². The van der Waals surface area contributed by atoms with E-state index in [1.807, 2.05) is 12.3 Å². The molecule has 0 bridgehead atoms. The highest BCUT2D eigenvalue weighted by atomic mass is 31.1. The summed E-state index contributed by atoms with van der Waals surface area (Å²) in [7, 11) is 2.06. The molecule has 0 N–H and O–H groups in total. The number of rotatable bonds is 4. The van der Waals surface area contributed by atoms with E-state index in [1.54, 1.807) is 0 Å². The lowest BCUT2D eigenvalue weighted by atomic mass is 10.1. The van der Waals surface area contributed by atoms with Gasteiger partial charge < -0.3 is 4.90 Å². The molecular formula is C14H22N3P. The second kappa shape index (κ2) is 6.31. The van der Waals surface area contributed by atoms with Gasteiger partial charge in [0.05, 0.1) is 0 Å². The van der Waals surface area contributed by atoms with Crippen molar-refractivity contribution in [3.05, 3.63) is 36.8 Å². The van der Waals surface area contributed by atoms with Gasteiger partial charge in [0.15, 0.2) is 0 Å². The molecule has 0 aromatic carbocycles. The van der Waals surface area contributed by atoms with Crippen molar-refractivity contribution in [2.24, 2.45) is 0 Å². The number of anilines is 1. The van der Waals surface area contributed by atoms with E-state index in [-0.39, 0.29) is 8.07 Å². The van der Waals surface area contributed by atoms with E-state index in [2.05, 4.69) is 52.8 Å². The summed E-state index contributed by atoms with van der Waals surface area (Å²) in [4.78, 5) is 6.81. The molecule has 0 amide bonds. The van der Waals surface area contributed by atoms with E-state index in [0.717, 1.165) is 18.9 Å². The molecule has 2 heterocycles. The molecule has 1 aliphatic heterocycles. The first kappa shape index (κ1) is 13.5. The Bertz CT molecular complexity index is 374. The van der Waals surface area contributed by atoms with Crippen LogP contribution in [-0.4, -0.2) is 42.5 Å². The first-order chi connectivity index (χ1) is 8.72. The van der Waals surface area contributed by atoms with Crippen LogP contribution in [0, 0.1) is 0 Å². The Hall–Kier alpha value is -0.920. The molecule has 0 spiro atoms. The zero-order valence-electron chi connectivity index (χ0n) is 11.3. The van der Waals surface area contributed by atoms with Crippen LogP contribution < -0.4 is 4.90 Å². The van der Waals surface area contributed by atoms with Gasteiger partial charge in [-0.05, 0) is 46.8 Å². The molecule has 3 nitrogen and oxygen atoms in total. The predicted octanol–water partition coefficient (Wildman–Crippen LogP) is 3.15. The van der Waals surface area contributed by atoms with Gasteiger partial charge in [-0.1, -0.05) is 18.5 Å². The Kier molecular flexibility index (Phi) is 4.73. The summed E-state index contributed by atoms with van der Waals surface area (Å²) in [5.74, 6) is 3.20. The van der Waals surface area contributed by atoms with Gasteiger partial charge in [0.2, 0.25) is 0 Å². The number of nitrogens with zero attached hydrogens (tertiary/aromatic N) is 3. The quantitative estimate of drug-likeness (QED) is 0.778. The average molecular weight is 263 g/mol. The highest BCUT2D eigenvalue weighted by molar-refractivity contribution is 7.57. The number of piperidine rings is 1. The summed E-state index contributed by atoms with van der Waals surface area (Å²) < 4.78 is 2.50. The minimum absolute atomic E-state index is 0.168. The molecule has 1 unspecified atom stereocenters. The topological polar surface area (TPSA) is 19.4 Å². The van der Waals surface area contributed by atoms with E-state index in [9.17, 15) is 0 Å². The Labute approximate surface area is 111 Å². The number of hydrogen-bond donors (Lipinski definition) is 0. The number of hydrogen-bond acceptors (Lipinski definition) is 3. The maximum atomic E-state index is 4.42. The van der Waals surface area contributed by atoms with Crippen LogP contribution in [0.3, 0.4) is 0 Å². The van der Waals surface area contributed by atoms with Gasteiger partial charge in [0, 0.05) is 25.3 Å². The van der Waals surface area contributed by atoms with Crippen LogP contribution in [0.1, 0.15) is 12.8 Å². The summed E-state index contributed by atoms with van der Waals surface area (Å²) in [6, 6.07) is 6.82. The fraction of sp³-hybridized carbons (Fsp3) is 0.500. The molecule has 18 heavy (non-hydrogen) atoms. The van der Waals surface area contributed by atoms with E-state index in [4.69, 9.17) is 0 Å². The van der Waals surface area contributed by atoms with Crippen molar-refractivity contribution in [2.45, 2.75) is 18.9 Å². The molecular weight excluding hydrogens is 241 g/mol. The zero-order valence-corrected chi connectivity index (χ0v) is 12.2. The second-order valence-corrected chi connectivity index (χ2v) is 6.88. The summed E-state index contributed by atoms with van der Waals surface area (Å²) in [6.07, 6.45) is 4.30. The monoisotopic (exact) mass is 263 g/mol. The first-order valence-corrected chi connectivity index (χ1v) is 8.27. The number of aromatic nitrogens is 1. The molecule has 98 valence electrons. The highest BCUT2D eigenvalue weighted by Gasteiger charge is 2.24. The van der Waals surface area contributed by atoms with Crippen molar-refractivity contribution in [3.8, 4) is 0 Å². The van der Waals surface area contributed by atoms with Crippen LogP contribution in [0.2, 0.25) is 0 Å². The van der Waals surface area contributed by atoms with Crippen molar-refractivity contribution in [2.75, 3.05) is 31.7 Å². The third-order valence-electron chi connectivity index (χ3n) is 3.73. The zero-order chi connectivity index (χ0) is 13.0. The largest absolute Gasteiger partial charge is 0.357 e. The molecule has 1 aromatic rings. The van der Waals surface area contributed by atoms with Crippen LogP contribution in [0.15, 0.2) is 36.8 Å². The van der Waals surface area contributed by atoms with E-state index in [0.29, 0.717) is 6.04 Å². The van der Waals surface area contributed by atoms with Gasteiger partial charge in [-0.3, -0.25) is 4.67 Å². The highest BCUT2D eigenvalue weighted by Crippen LogP contribution is 2.39. The Morgan fingerprint density at radius 1 is 1.44 bits per heavy atom. The van der Waals surface area contributed by atoms with E-state index in [1.165, 1.54) is 12.8 Å². The maximum Gasteiger partial charge on any atom is 0.128 e. The van der Waals surface area contributed by atoms with Gasteiger partial charge >= 0.3 is 0 Å². The van der Waals surface area contributed by atoms with Crippen molar-refractivity contribution >= 4 is 13.9 Å². The van der Waals surface area contributed by atoms with Crippen LogP contribution in [0.5, 0.6) is 0 Å². The van der Waals surface area contributed by atoms with Crippen LogP contribution in [-0.2, 0) is 0 Å². The van der Waals surface area contributed by atoms with Gasteiger partial charge in [-0.15, -0.1) is 0 Å². The lowest BCUT2D eigenvalue weighted by Gasteiger charge is -2.39. The summed E-state index contributed by atoms with van der Waals surface area (Å²) in [5.41, 5.74) is 0. The minimum Gasteiger partial charge on any atom is -0.357 e. The summed E-state index contributed by atoms with van der Waals surface area (Å²) >= 11 is 0. The predicted molar refractivity (Wildman–Crippen MR) is 80.3 cm³/mol. The molecule has 1 atom stereocenters. The summed E-state index contributed by atoms with van der Waals surface area (Å²) in [6.45, 7) is 8.38. The normalized spacial score (nSPS) is 18.9.